The van der Waals surface area contributed by atoms with E-state index in [0.717, 1.165) is 55.2 Å². The summed E-state index contributed by atoms with van der Waals surface area (Å²) in [5.41, 5.74) is 3.73. The van der Waals surface area contributed by atoms with Crippen LogP contribution in [0.2, 0.25) is 0 Å². The van der Waals surface area contributed by atoms with Crippen LogP contribution in [0.1, 0.15) is 45.8 Å². The van der Waals surface area contributed by atoms with Gasteiger partial charge in [-0.1, -0.05) is 17.3 Å². The molecule has 0 atom stereocenters. The van der Waals surface area contributed by atoms with Crippen LogP contribution in [0.25, 0.3) is 0 Å². The van der Waals surface area contributed by atoms with Gasteiger partial charge in [0.25, 0.3) is 5.91 Å². The summed E-state index contributed by atoms with van der Waals surface area (Å²) < 4.78 is 16.2. The minimum Gasteiger partial charge on any atom is -0.497 e. The first-order chi connectivity index (χ1) is 16.5. The molecule has 7 heteroatoms. The summed E-state index contributed by atoms with van der Waals surface area (Å²) in [6.07, 6.45) is 2.18. The first-order valence-corrected chi connectivity index (χ1v) is 11.8. The number of methoxy groups -OCH3 is 1. The molecule has 0 bridgehead atoms. The van der Waals surface area contributed by atoms with Crippen LogP contribution in [0.15, 0.2) is 53.1 Å². The first-order valence-electron chi connectivity index (χ1n) is 11.8. The van der Waals surface area contributed by atoms with Crippen molar-refractivity contribution in [1.29, 1.82) is 0 Å². The van der Waals surface area contributed by atoms with Gasteiger partial charge in [-0.05, 0) is 87.7 Å². The fourth-order valence-electron chi connectivity index (χ4n) is 4.24. The molecule has 34 heavy (non-hydrogen) atoms. The molecule has 4 rings (SSSR count). The SMILES string of the molecule is COc1ccc(CN2CCC(CNC(=O)c3ccc(OCc4c(C)noc4C)cc3)CC2)cc1. The van der Waals surface area contributed by atoms with Gasteiger partial charge in [-0.25, -0.2) is 0 Å². The molecule has 3 aromatic rings. The number of benzene rings is 2. The Bertz CT molecular complexity index is 1050. The van der Waals surface area contributed by atoms with Crippen LogP contribution >= 0.6 is 0 Å². The molecule has 7 nitrogen and oxygen atoms in total. The van der Waals surface area contributed by atoms with Gasteiger partial charge in [-0.15, -0.1) is 0 Å². The van der Waals surface area contributed by atoms with E-state index in [-0.39, 0.29) is 5.91 Å². The second-order valence-corrected chi connectivity index (χ2v) is 8.89. The van der Waals surface area contributed by atoms with E-state index in [2.05, 4.69) is 27.5 Å². The Morgan fingerprint density at radius 1 is 1.06 bits per heavy atom. The minimum absolute atomic E-state index is 0.0436. The maximum Gasteiger partial charge on any atom is 0.251 e. The molecule has 180 valence electrons. The number of rotatable bonds is 9. The molecule has 0 saturated carbocycles. The zero-order valence-corrected chi connectivity index (χ0v) is 20.2. The molecule has 1 N–H and O–H groups in total. The van der Waals surface area contributed by atoms with Crippen molar-refractivity contribution in [3.63, 3.8) is 0 Å². The van der Waals surface area contributed by atoms with Gasteiger partial charge >= 0.3 is 0 Å². The normalized spacial score (nSPS) is 14.7. The topological polar surface area (TPSA) is 76.8 Å². The van der Waals surface area contributed by atoms with E-state index in [0.29, 0.717) is 30.4 Å². The Balaban J connectivity index is 1.18. The minimum atomic E-state index is -0.0436. The number of hydrogen-bond donors (Lipinski definition) is 1. The molecule has 1 fully saturated rings. The maximum absolute atomic E-state index is 12.6. The third kappa shape index (κ3) is 6.17. The molecule has 2 aromatic carbocycles. The van der Waals surface area contributed by atoms with Crippen molar-refractivity contribution in [2.45, 2.75) is 39.8 Å². The first kappa shape index (κ1) is 23.8. The molecule has 1 aromatic heterocycles. The largest absolute Gasteiger partial charge is 0.497 e. The molecule has 1 amide bonds. The highest BCUT2D eigenvalue weighted by atomic mass is 16.5. The van der Waals surface area contributed by atoms with Gasteiger partial charge in [-0.2, -0.15) is 0 Å². The van der Waals surface area contributed by atoms with Crippen LogP contribution in [0.4, 0.5) is 0 Å². The Hall–Kier alpha value is -3.32. The van der Waals surface area contributed by atoms with Crippen LogP contribution in [0.3, 0.4) is 0 Å². The van der Waals surface area contributed by atoms with E-state index >= 15 is 0 Å². The Morgan fingerprint density at radius 2 is 1.74 bits per heavy atom. The second kappa shape index (κ2) is 11.2. The molecular weight excluding hydrogens is 430 g/mol. The van der Waals surface area contributed by atoms with E-state index in [1.807, 2.05) is 38.1 Å². The second-order valence-electron chi connectivity index (χ2n) is 8.89. The summed E-state index contributed by atoms with van der Waals surface area (Å²) in [7, 11) is 1.69. The third-order valence-electron chi connectivity index (χ3n) is 6.50. The Labute approximate surface area is 201 Å². The number of amides is 1. The fourth-order valence-corrected chi connectivity index (χ4v) is 4.24. The van der Waals surface area contributed by atoms with Gasteiger partial charge in [0.2, 0.25) is 0 Å². The smallest absolute Gasteiger partial charge is 0.251 e. The summed E-state index contributed by atoms with van der Waals surface area (Å²) in [6, 6.07) is 15.5. The van der Waals surface area contributed by atoms with Crippen molar-refractivity contribution >= 4 is 5.91 Å². The predicted molar refractivity (Wildman–Crippen MR) is 130 cm³/mol. The average molecular weight is 464 g/mol. The van der Waals surface area contributed by atoms with Gasteiger partial charge in [0, 0.05) is 18.7 Å². The number of nitrogens with zero attached hydrogens (tertiary/aromatic N) is 2. The van der Waals surface area contributed by atoms with Crippen LogP contribution in [0.5, 0.6) is 11.5 Å². The van der Waals surface area contributed by atoms with Crippen LogP contribution in [-0.4, -0.2) is 42.7 Å². The highest BCUT2D eigenvalue weighted by Crippen LogP contribution is 2.21. The lowest BCUT2D eigenvalue weighted by molar-refractivity contribution is 0.0935. The average Bonchev–Trinajstić information content (AvgIpc) is 3.19. The van der Waals surface area contributed by atoms with Crippen molar-refractivity contribution < 1.29 is 18.8 Å². The van der Waals surface area contributed by atoms with Gasteiger partial charge in [0.1, 0.15) is 23.9 Å². The Kier molecular flexibility index (Phi) is 7.85. The molecule has 1 saturated heterocycles. The lowest BCUT2D eigenvalue weighted by atomic mass is 9.96. The zero-order valence-electron chi connectivity index (χ0n) is 20.2. The standard InChI is InChI=1S/C27H33N3O4/c1-19-26(20(2)34-29-19)18-33-25-10-6-23(7-11-25)27(31)28-16-21-12-14-30(15-13-21)17-22-4-8-24(32-3)9-5-22/h4-11,21H,12-18H2,1-3H3,(H,28,31). The number of carbonyl (C=O) groups is 1. The number of nitrogens with one attached hydrogen (secondary N) is 1. The van der Waals surface area contributed by atoms with Gasteiger partial charge < -0.3 is 19.3 Å². The molecule has 1 aliphatic heterocycles. The summed E-state index contributed by atoms with van der Waals surface area (Å²) >= 11 is 0. The monoisotopic (exact) mass is 463 g/mol. The van der Waals surface area contributed by atoms with Gasteiger partial charge in [-0.3, -0.25) is 9.69 Å². The van der Waals surface area contributed by atoms with Gasteiger partial charge in [0.15, 0.2) is 0 Å². The summed E-state index contributed by atoms with van der Waals surface area (Å²) in [5, 5.41) is 7.04. The van der Waals surface area contributed by atoms with E-state index < -0.39 is 0 Å². The van der Waals surface area contributed by atoms with E-state index in [1.165, 1.54) is 5.56 Å². The quantitative estimate of drug-likeness (QED) is 0.503. The van der Waals surface area contributed by atoms with Crippen LogP contribution in [-0.2, 0) is 13.2 Å². The number of piperidine rings is 1. The number of aromatic nitrogens is 1. The number of hydrogen-bond acceptors (Lipinski definition) is 6. The van der Waals surface area contributed by atoms with Crippen molar-refractivity contribution in [2.24, 2.45) is 5.92 Å². The maximum atomic E-state index is 12.6. The number of ether oxygens (including phenoxy) is 2. The van der Waals surface area contributed by atoms with Gasteiger partial charge in [0.05, 0.1) is 18.4 Å². The third-order valence-corrected chi connectivity index (χ3v) is 6.50. The van der Waals surface area contributed by atoms with Crippen molar-refractivity contribution in [3.05, 3.63) is 76.7 Å². The van der Waals surface area contributed by atoms with E-state index in [4.69, 9.17) is 14.0 Å². The molecule has 0 unspecified atom stereocenters. The highest BCUT2D eigenvalue weighted by molar-refractivity contribution is 5.94. The number of carbonyl (C=O) groups excluding carboxylic acids is 1. The highest BCUT2D eigenvalue weighted by Gasteiger charge is 2.20. The summed E-state index contributed by atoms with van der Waals surface area (Å²) in [4.78, 5) is 15.1. The van der Waals surface area contributed by atoms with Crippen molar-refractivity contribution in [3.8, 4) is 11.5 Å². The van der Waals surface area contributed by atoms with E-state index in [1.54, 1.807) is 19.2 Å². The summed E-state index contributed by atoms with van der Waals surface area (Å²) in [6.45, 7) is 7.91. The lowest BCUT2D eigenvalue weighted by Crippen LogP contribution is -2.38. The number of aryl methyl sites for hydroxylation is 2. The molecule has 0 spiro atoms. The fraction of sp³-hybridized carbons (Fsp3) is 0.407. The zero-order chi connectivity index (χ0) is 23.9. The number of likely N-dealkylation sites (tertiary alicyclic amines) is 1. The molecular formula is C27H33N3O4. The van der Waals surface area contributed by atoms with Crippen LogP contribution in [0, 0.1) is 19.8 Å². The molecule has 1 aliphatic rings. The lowest BCUT2D eigenvalue weighted by Gasteiger charge is -2.32. The molecule has 0 aliphatic carbocycles. The molecule has 2 heterocycles. The predicted octanol–water partition coefficient (Wildman–Crippen LogP) is 4.52. The van der Waals surface area contributed by atoms with Crippen LogP contribution < -0.4 is 14.8 Å². The van der Waals surface area contributed by atoms with Crippen molar-refractivity contribution in [1.82, 2.24) is 15.4 Å². The van der Waals surface area contributed by atoms with E-state index in [9.17, 15) is 4.79 Å². The summed E-state index contributed by atoms with van der Waals surface area (Å²) in [5.74, 6) is 2.82. The van der Waals surface area contributed by atoms with Crippen molar-refractivity contribution in [2.75, 3.05) is 26.7 Å². The molecule has 0 radical (unpaired) electrons. The Morgan fingerprint density at radius 3 is 2.35 bits per heavy atom.